The molecule has 1 saturated heterocycles. The Balaban J connectivity index is 1.63. The summed E-state index contributed by atoms with van der Waals surface area (Å²) in [4.78, 5) is 12.4. The smallest absolute Gasteiger partial charge is 0.190 e. The topological polar surface area (TPSA) is 29.0 Å². The summed E-state index contributed by atoms with van der Waals surface area (Å²) in [5.41, 5.74) is 0. The van der Waals surface area contributed by atoms with E-state index in [0.717, 1.165) is 27.7 Å². The van der Waals surface area contributed by atoms with Crippen molar-refractivity contribution in [2.45, 2.75) is 18.0 Å². The third kappa shape index (κ3) is 2.79. The van der Waals surface area contributed by atoms with Crippen molar-refractivity contribution in [2.75, 3.05) is 25.4 Å². The maximum absolute atomic E-state index is 6.14. The fourth-order valence-electron chi connectivity index (χ4n) is 2.14. The van der Waals surface area contributed by atoms with Gasteiger partial charge in [0.25, 0.3) is 0 Å². The summed E-state index contributed by atoms with van der Waals surface area (Å²) < 4.78 is 0. The molecule has 0 N–H and O–H groups in total. The Bertz CT molecular complexity index is 537. The molecule has 0 radical (unpaired) electrons. The molecule has 0 spiro atoms. The van der Waals surface area contributed by atoms with Crippen LogP contribution < -0.4 is 0 Å². The highest BCUT2D eigenvalue weighted by Gasteiger charge is 2.12. The number of hydrogen-bond donors (Lipinski definition) is 0. The first kappa shape index (κ1) is 12.7. The molecule has 0 bridgehead atoms. The van der Waals surface area contributed by atoms with Crippen LogP contribution in [0.2, 0.25) is 5.15 Å². The van der Waals surface area contributed by atoms with Crippen molar-refractivity contribution in [3.05, 3.63) is 16.6 Å². The number of thioether (sulfide) groups is 1. The highest BCUT2D eigenvalue weighted by Crippen LogP contribution is 2.27. The Kier molecular flexibility index (Phi) is 4.03. The largest absolute Gasteiger partial charge is 0.303 e. The van der Waals surface area contributed by atoms with Crippen LogP contribution in [0.5, 0.6) is 0 Å². The van der Waals surface area contributed by atoms with E-state index < -0.39 is 0 Å². The van der Waals surface area contributed by atoms with Gasteiger partial charge in [0.1, 0.15) is 9.98 Å². The van der Waals surface area contributed by atoms with Crippen molar-refractivity contribution in [3.63, 3.8) is 0 Å². The van der Waals surface area contributed by atoms with E-state index >= 15 is 0 Å². The van der Waals surface area contributed by atoms with Crippen LogP contribution in [0, 0.1) is 0 Å². The average molecular weight is 300 g/mol. The van der Waals surface area contributed by atoms with Crippen molar-refractivity contribution in [1.29, 1.82) is 0 Å². The van der Waals surface area contributed by atoms with Gasteiger partial charge in [0.15, 0.2) is 5.16 Å². The van der Waals surface area contributed by atoms with Gasteiger partial charge in [0.2, 0.25) is 0 Å². The lowest BCUT2D eigenvalue weighted by Crippen LogP contribution is -2.21. The average Bonchev–Trinajstić information content (AvgIpc) is 2.99. The van der Waals surface area contributed by atoms with Gasteiger partial charge >= 0.3 is 0 Å². The molecule has 1 aliphatic heterocycles. The molecule has 0 atom stereocenters. The summed E-state index contributed by atoms with van der Waals surface area (Å²) in [5, 5.41) is 4.34. The molecule has 0 unspecified atom stereocenters. The zero-order chi connectivity index (χ0) is 12.4. The SMILES string of the molecule is Clc1nc(SCCN2CCCC2)nc2sccc12. The van der Waals surface area contributed by atoms with Gasteiger partial charge in [-0.15, -0.1) is 11.3 Å². The molecule has 0 aliphatic carbocycles. The first-order valence-electron chi connectivity index (χ1n) is 6.09. The van der Waals surface area contributed by atoms with Gasteiger partial charge < -0.3 is 4.90 Å². The number of aromatic nitrogens is 2. The summed E-state index contributed by atoms with van der Waals surface area (Å²) >= 11 is 9.45. The molecule has 3 rings (SSSR count). The van der Waals surface area contributed by atoms with Gasteiger partial charge in [-0.05, 0) is 37.4 Å². The Morgan fingerprint density at radius 3 is 3.00 bits per heavy atom. The predicted molar refractivity (Wildman–Crippen MR) is 78.8 cm³/mol. The van der Waals surface area contributed by atoms with Gasteiger partial charge in [-0.3, -0.25) is 0 Å². The number of nitrogens with zero attached hydrogens (tertiary/aromatic N) is 3. The Labute approximate surface area is 120 Å². The minimum absolute atomic E-state index is 0.574. The molecule has 2 aromatic rings. The van der Waals surface area contributed by atoms with E-state index in [0.29, 0.717) is 5.15 Å². The molecule has 96 valence electrons. The Hall–Kier alpha value is -0.360. The van der Waals surface area contributed by atoms with E-state index in [2.05, 4.69) is 14.9 Å². The van der Waals surface area contributed by atoms with Crippen LogP contribution in [0.1, 0.15) is 12.8 Å². The minimum atomic E-state index is 0.574. The van der Waals surface area contributed by atoms with E-state index in [-0.39, 0.29) is 0 Å². The van der Waals surface area contributed by atoms with E-state index in [1.807, 2.05) is 11.4 Å². The van der Waals surface area contributed by atoms with E-state index in [1.54, 1.807) is 23.1 Å². The van der Waals surface area contributed by atoms with Crippen LogP contribution in [0.3, 0.4) is 0 Å². The summed E-state index contributed by atoms with van der Waals surface area (Å²) in [6, 6.07) is 1.97. The van der Waals surface area contributed by atoms with Crippen LogP contribution in [0.4, 0.5) is 0 Å². The lowest BCUT2D eigenvalue weighted by molar-refractivity contribution is 0.362. The van der Waals surface area contributed by atoms with Crippen LogP contribution in [0.25, 0.3) is 10.2 Å². The zero-order valence-electron chi connectivity index (χ0n) is 9.93. The lowest BCUT2D eigenvalue weighted by Gasteiger charge is -2.13. The van der Waals surface area contributed by atoms with Gasteiger partial charge in [-0.2, -0.15) is 0 Å². The van der Waals surface area contributed by atoms with Crippen molar-refractivity contribution in [3.8, 4) is 0 Å². The van der Waals surface area contributed by atoms with Crippen LogP contribution in [-0.2, 0) is 0 Å². The Morgan fingerprint density at radius 2 is 2.17 bits per heavy atom. The number of rotatable bonds is 4. The predicted octanol–water partition coefficient (Wildman–Crippen LogP) is 3.53. The minimum Gasteiger partial charge on any atom is -0.303 e. The molecule has 6 heteroatoms. The molecule has 3 nitrogen and oxygen atoms in total. The number of thiophene rings is 1. The van der Waals surface area contributed by atoms with Crippen LogP contribution >= 0.6 is 34.7 Å². The second-order valence-electron chi connectivity index (χ2n) is 4.33. The van der Waals surface area contributed by atoms with Crippen molar-refractivity contribution < 1.29 is 0 Å². The normalized spacial score (nSPS) is 16.7. The number of halogens is 1. The zero-order valence-corrected chi connectivity index (χ0v) is 12.3. The number of fused-ring (bicyclic) bond motifs is 1. The molecule has 0 saturated carbocycles. The molecule has 3 heterocycles. The second kappa shape index (κ2) is 5.74. The molecule has 1 fully saturated rings. The van der Waals surface area contributed by atoms with Crippen LogP contribution in [0.15, 0.2) is 16.6 Å². The Morgan fingerprint density at radius 1 is 1.33 bits per heavy atom. The lowest BCUT2D eigenvalue weighted by atomic mass is 10.4. The van der Waals surface area contributed by atoms with E-state index in [9.17, 15) is 0 Å². The highest BCUT2D eigenvalue weighted by atomic mass is 35.5. The van der Waals surface area contributed by atoms with Gasteiger partial charge in [-0.1, -0.05) is 23.4 Å². The van der Waals surface area contributed by atoms with Gasteiger partial charge in [0.05, 0.1) is 0 Å². The number of likely N-dealkylation sites (tertiary alicyclic amines) is 1. The quantitative estimate of drug-likeness (QED) is 0.491. The fraction of sp³-hybridized carbons (Fsp3) is 0.500. The standard InChI is InChI=1S/C12H14ClN3S2/c13-10-9-3-7-17-11(9)15-12(14-10)18-8-6-16-4-1-2-5-16/h3,7H,1-2,4-6,8H2. The van der Waals surface area contributed by atoms with Crippen molar-refractivity contribution in [1.82, 2.24) is 14.9 Å². The molecule has 18 heavy (non-hydrogen) atoms. The summed E-state index contributed by atoms with van der Waals surface area (Å²) in [6.07, 6.45) is 2.68. The molecule has 0 aromatic carbocycles. The molecule has 0 amide bonds. The van der Waals surface area contributed by atoms with Gasteiger partial charge in [0, 0.05) is 17.7 Å². The van der Waals surface area contributed by atoms with E-state index in [4.69, 9.17) is 11.6 Å². The second-order valence-corrected chi connectivity index (χ2v) is 6.65. The molecule has 2 aromatic heterocycles. The van der Waals surface area contributed by atoms with Crippen molar-refractivity contribution in [2.24, 2.45) is 0 Å². The maximum Gasteiger partial charge on any atom is 0.190 e. The van der Waals surface area contributed by atoms with Crippen molar-refractivity contribution >= 4 is 44.9 Å². The monoisotopic (exact) mass is 299 g/mol. The maximum atomic E-state index is 6.14. The third-order valence-electron chi connectivity index (χ3n) is 3.10. The molecular weight excluding hydrogens is 286 g/mol. The first-order chi connectivity index (χ1) is 8.83. The first-order valence-corrected chi connectivity index (χ1v) is 8.33. The molecule has 1 aliphatic rings. The highest BCUT2D eigenvalue weighted by molar-refractivity contribution is 7.99. The number of hydrogen-bond acceptors (Lipinski definition) is 5. The van der Waals surface area contributed by atoms with Gasteiger partial charge in [-0.25, -0.2) is 9.97 Å². The van der Waals surface area contributed by atoms with E-state index in [1.165, 1.54) is 25.9 Å². The van der Waals surface area contributed by atoms with Crippen LogP contribution in [-0.4, -0.2) is 40.3 Å². The summed E-state index contributed by atoms with van der Waals surface area (Å²) in [7, 11) is 0. The third-order valence-corrected chi connectivity index (χ3v) is 5.02. The summed E-state index contributed by atoms with van der Waals surface area (Å²) in [5.74, 6) is 1.03. The fourth-order valence-corrected chi connectivity index (χ4v) is 4.14. The summed E-state index contributed by atoms with van der Waals surface area (Å²) in [6.45, 7) is 3.60. The molecular formula is C12H14ClN3S2.